The molecule has 1 aliphatic rings. The summed E-state index contributed by atoms with van der Waals surface area (Å²) in [5.41, 5.74) is 2.65. The van der Waals surface area contributed by atoms with Gasteiger partial charge in [-0.15, -0.1) is 0 Å². The van der Waals surface area contributed by atoms with Crippen LogP contribution in [-0.4, -0.2) is 12.1 Å². The lowest BCUT2D eigenvalue weighted by Gasteiger charge is -2.09. The summed E-state index contributed by atoms with van der Waals surface area (Å²) in [6.45, 7) is 6.06. The van der Waals surface area contributed by atoms with Crippen LogP contribution in [0.15, 0.2) is 30.2 Å². The topological polar surface area (TPSA) is 29.5 Å². The van der Waals surface area contributed by atoms with E-state index < -0.39 is 7.12 Å². The fourth-order valence-corrected chi connectivity index (χ4v) is 2.77. The van der Waals surface area contributed by atoms with Crippen LogP contribution < -0.4 is 5.46 Å². The number of benzene rings is 1. The Bertz CT molecular complexity index is 488. The van der Waals surface area contributed by atoms with Crippen LogP contribution >= 0.6 is 23.4 Å². The van der Waals surface area contributed by atoms with E-state index in [0.717, 1.165) is 21.5 Å². The number of hydrogen-bond acceptors (Lipinski definition) is 3. The lowest BCUT2D eigenvalue weighted by molar-refractivity contribution is 0.275. The van der Waals surface area contributed by atoms with Gasteiger partial charge in [0.2, 0.25) is 0 Å². The maximum atomic E-state index is 9.67. The van der Waals surface area contributed by atoms with Crippen molar-refractivity contribution < 1.29 is 9.68 Å². The Balaban J connectivity index is 2.48. The summed E-state index contributed by atoms with van der Waals surface area (Å²) >= 11 is 7.75. The normalized spacial score (nSPS) is 15.0. The molecule has 0 saturated heterocycles. The molecule has 1 aromatic carbocycles. The summed E-state index contributed by atoms with van der Waals surface area (Å²) in [6.07, 6.45) is 1.97. The second kappa shape index (κ2) is 5.31. The van der Waals surface area contributed by atoms with Crippen LogP contribution in [0.2, 0.25) is 5.02 Å². The van der Waals surface area contributed by atoms with Gasteiger partial charge in [0.05, 0.1) is 6.61 Å². The van der Waals surface area contributed by atoms with Crippen molar-refractivity contribution in [3.05, 3.63) is 46.3 Å². The highest BCUT2D eigenvalue weighted by atomic mass is 35.5. The van der Waals surface area contributed by atoms with E-state index in [1.165, 1.54) is 11.8 Å². The average molecular weight is 267 g/mol. The van der Waals surface area contributed by atoms with E-state index in [9.17, 15) is 5.02 Å². The summed E-state index contributed by atoms with van der Waals surface area (Å²) in [6, 6.07) is 3.75. The molecule has 0 radical (unpaired) electrons. The fourth-order valence-electron chi connectivity index (χ4n) is 1.81. The smallest absolute Gasteiger partial charge is 0.423 e. The molecule has 1 heterocycles. The quantitative estimate of drug-likeness (QED) is 0.853. The summed E-state index contributed by atoms with van der Waals surface area (Å²) in [4.78, 5) is 1.02. The van der Waals surface area contributed by atoms with Gasteiger partial charge in [-0.25, -0.2) is 0 Å². The van der Waals surface area contributed by atoms with Crippen LogP contribution in [0.25, 0.3) is 4.91 Å². The minimum Gasteiger partial charge on any atom is -0.423 e. The van der Waals surface area contributed by atoms with Crippen molar-refractivity contribution in [2.24, 2.45) is 0 Å². The molecule has 1 aromatic rings. The molecule has 0 aromatic heterocycles. The van der Waals surface area contributed by atoms with E-state index in [-0.39, 0.29) is 0 Å². The Labute approximate surface area is 110 Å². The predicted octanol–water partition coefficient (Wildman–Crippen LogP) is 2.80. The first kappa shape index (κ1) is 12.8. The Morgan fingerprint density at radius 2 is 2.41 bits per heavy atom. The molecule has 0 atom stereocenters. The number of allylic oxidation sites excluding steroid dienone is 1. The monoisotopic (exact) mass is 266 g/mol. The Hall–Kier alpha value is -0.675. The molecular formula is C12H12BClO2S. The van der Waals surface area contributed by atoms with Gasteiger partial charge in [0.25, 0.3) is 0 Å². The van der Waals surface area contributed by atoms with Crippen molar-refractivity contribution in [2.45, 2.75) is 13.5 Å². The van der Waals surface area contributed by atoms with Gasteiger partial charge in [-0.2, -0.15) is 0 Å². The van der Waals surface area contributed by atoms with Gasteiger partial charge in [-0.05, 0) is 29.4 Å². The molecule has 1 N–H and O–H groups in total. The largest absolute Gasteiger partial charge is 0.491 e. The van der Waals surface area contributed by atoms with Crippen LogP contribution in [0, 0.1) is 0 Å². The summed E-state index contributed by atoms with van der Waals surface area (Å²) < 4.78 is 5.16. The number of hydrogen-bond donors (Lipinski definition) is 1. The molecule has 0 bridgehead atoms. The number of fused-ring (bicyclic) bond motifs is 1. The van der Waals surface area contributed by atoms with Gasteiger partial charge >= 0.3 is 7.12 Å². The highest BCUT2D eigenvalue weighted by Crippen LogP contribution is 2.33. The molecule has 0 fully saturated rings. The number of halogens is 1. The minimum absolute atomic E-state index is 0.413. The van der Waals surface area contributed by atoms with Crippen molar-refractivity contribution in [3.8, 4) is 0 Å². The molecule has 0 unspecified atom stereocenters. The van der Waals surface area contributed by atoms with Crippen LogP contribution in [-0.2, 0) is 11.3 Å². The van der Waals surface area contributed by atoms with E-state index in [4.69, 9.17) is 16.3 Å². The maximum absolute atomic E-state index is 9.67. The van der Waals surface area contributed by atoms with Crippen molar-refractivity contribution in [1.82, 2.24) is 0 Å². The molecule has 17 heavy (non-hydrogen) atoms. The lowest BCUT2D eigenvalue weighted by atomic mass is 9.78. The molecule has 88 valence electrons. The standard InChI is InChI=1S/C12H12BClO2S/c1-3-12(17-4-2)9-6-10-8(5-11(9)14)7-16-13(10)15/h3-6,15H,2,7H2,1H3/b12-3-. The van der Waals surface area contributed by atoms with Crippen LogP contribution in [0.5, 0.6) is 0 Å². The highest BCUT2D eigenvalue weighted by Gasteiger charge is 2.28. The van der Waals surface area contributed by atoms with E-state index in [0.29, 0.717) is 11.6 Å². The van der Waals surface area contributed by atoms with Gasteiger partial charge in [0.1, 0.15) is 0 Å². The molecule has 1 aliphatic heterocycles. The van der Waals surface area contributed by atoms with E-state index in [2.05, 4.69) is 6.58 Å². The molecule has 2 nitrogen and oxygen atoms in total. The average Bonchev–Trinajstić information content (AvgIpc) is 2.67. The third-order valence-corrected chi connectivity index (χ3v) is 3.82. The summed E-state index contributed by atoms with van der Waals surface area (Å²) in [5.74, 6) is 0. The molecule has 2 rings (SSSR count). The zero-order chi connectivity index (χ0) is 12.4. The van der Waals surface area contributed by atoms with Crippen molar-refractivity contribution >= 4 is 40.8 Å². The number of thioether (sulfide) groups is 1. The third kappa shape index (κ3) is 2.45. The second-order valence-corrected chi connectivity index (χ2v) is 5.05. The van der Waals surface area contributed by atoms with Gasteiger partial charge in [-0.3, -0.25) is 0 Å². The Kier molecular flexibility index (Phi) is 3.99. The lowest BCUT2D eigenvalue weighted by Crippen LogP contribution is -2.28. The molecule has 0 spiro atoms. The van der Waals surface area contributed by atoms with Crippen molar-refractivity contribution in [2.75, 3.05) is 0 Å². The van der Waals surface area contributed by atoms with Crippen molar-refractivity contribution in [1.29, 1.82) is 0 Å². The number of rotatable bonds is 3. The Morgan fingerprint density at radius 3 is 3.06 bits per heavy atom. The van der Waals surface area contributed by atoms with Gasteiger partial charge in [-0.1, -0.05) is 42.1 Å². The molecule has 0 aliphatic carbocycles. The zero-order valence-electron chi connectivity index (χ0n) is 9.44. The molecule has 0 amide bonds. The van der Waals surface area contributed by atoms with Gasteiger partial charge in [0.15, 0.2) is 0 Å². The first-order chi connectivity index (χ1) is 8.17. The summed E-state index contributed by atoms with van der Waals surface area (Å²) in [5, 5.41) is 12.1. The first-order valence-corrected chi connectivity index (χ1v) is 6.49. The first-order valence-electron chi connectivity index (χ1n) is 5.23. The zero-order valence-corrected chi connectivity index (χ0v) is 11.0. The fraction of sp³-hybridized carbons (Fsp3) is 0.167. The maximum Gasteiger partial charge on any atom is 0.491 e. The minimum atomic E-state index is -0.840. The predicted molar refractivity (Wildman–Crippen MR) is 75.3 cm³/mol. The van der Waals surface area contributed by atoms with Crippen LogP contribution in [0.3, 0.4) is 0 Å². The molecular weight excluding hydrogens is 254 g/mol. The molecule has 0 saturated carbocycles. The van der Waals surface area contributed by atoms with Crippen LogP contribution in [0.4, 0.5) is 0 Å². The molecule has 5 heteroatoms. The highest BCUT2D eigenvalue weighted by molar-refractivity contribution is 8.10. The van der Waals surface area contributed by atoms with E-state index in [1.54, 1.807) is 5.41 Å². The Morgan fingerprint density at radius 1 is 1.65 bits per heavy atom. The summed E-state index contributed by atoms with van der Waals surface area (Å²) in [7, 11) is -0.840. The van der Waals surface area contributed by atoms with E-state index >= 15 is 0 Å². The van der Waals surface area contributed by atoms with Gasteiger partial charge in [0, 0.05) is 15.5 Å². The van der Waals surface area contributed by atoms with Gasteiger partial charge < -0.3 is 9.68 Å². The van der Waals surface area contributed by atoms with Crippen LogP contribution in [0.1, 0.15) is 18.1 Å². The van der Waals surface area contributed by atoms with Crippen molar-refractivity contribution in [3.63, 3.8) is 0 Å². The second-order valence-electron chi connectivity index (χ2n) is 3.63. The SMILES string of the molecule is C=CS/C(=C\C)c1cc2c(cc1Cl)COB2O. The van der Waals surface area contributed by atoms with E-state index in [1.807, 2.05) is 25.1 Å². The third-order valence-electron chi connectivity index (χ3n) is 2.63.